The Bertz CT molecular complexity index is 670. The number of hydrogen-bond donors (Lipinski definition) is 0. The fourth-order valence-corrected chi connectivity index (χ4v) is 2.98. The van der Waals surface area contributed by atoms with Crippen LogP contribution in [0.1, 0.15) is 25.0 Å². The Morgan fingerprint density at radius 2 is 1.80 bits per heavy atom. The van der Waals surface area contributed by atoms with E-state index in [0.717, 1.165) is 16.9 Å². The molecule has 1 atom stereocenters. The summed E-state index contributed by atoms with van der Waals surface area (Å²) in [6.07, 6.45) is -0.0766. The lowest BCUT2D eigenvalue weighted by Gasteiger charge is -2.15. The highest BCUT2D eigenvalue weighted by molar-refractivity contribution is 14.1. The van der Waals surface area contributed by atoms with Gasteiger partial charge in [0.2, 0.25) is 0 Å². The molecule has 0 fully saturated rings. The first kappa shape index (κ1) is 19.7. The van der Waals surface area contributed by atoms with Crippen molar-refractivity contribution in [3.8, 4) is 5.75 Å². The summed E-state index contributed by atoms with van der Waals surface area (Å²) < 4.78 is 17.6. The van der Waals surface area contributed by atoms with E-state index in [-0.39, 0.29) is 5.97 Å². The largest absolute Gasteiger partial charge is 0.489 e. The van der Waals surface area contributed by atoms with Crippen molar-refractivity contribution in [3.05, 3.63) is 63.2 Å². The zero-order valence-corrected chi connectivity index (χ0v) is 16.7. The first-order valence-corrected chi connectivity index (χ1v) is 9.44. The van der Waals surface area contributed by atoms with Gasteiger partial charge in [-0.05, 0) is 71.8 Å². The van der Waals surface area contributed by atoms with Crippen LogP contribution in [0.4, 0.5) is 0 Å². The van der Waals surface area contributed by atoms with Gasteiger partial charge in [0.1, 0.15) is 12.4 Å². The SMILES string of the molecule is CCOC(=O)[C@H](Cc1ccc(OCc2cccc(I)c2)cc1)OCC. The molecule has 25 heavy (non-hydrogen) atoms. The second kappa shape index (κ2) is 10.4. The summed E-state index contributed by atoms with van der Waals surface area (Å²) in [6.45, 7) is 5.02. The maximum Gasteiger partial charge on any atom is 0.335 e. The monoisotopic (exact) mass is 454 g/mol. The van der Waals surface area contributed by atoms with Crippen LogP contribution in [0.3, 0.4) is 0 Å². The third-order valence-corrected chi connectivity index (χ3v) is 4.23. The smallest absolute Gasteiger partial charge is 0.335 e. The van der Waals surface area contributed by atoms with Crippen LogP contribution in [0, 0.1) is 3.57 Å². The number of halogens is 1. The predicted molar refractivity (Wildman–Crippen MR) is 106 cm³/mol. The average Bonchev–Trinajstić information content (AvgIpc) is 2.61. The molecule has 0 aliphatic heterocycles. The molecular formula is C20H23IO4. The van der Waals surface area contributed by atoms with Crippen LogP contribution in [-0.2, 0) is 27.3 Å². The summed E-state index contributed by atoms with van der Waals surface area (Å²) in [5.74, 6) is 0.482. The van der Waals surface area contributed by atoms with Crippen LogP contribution in [0.2, 0.25) is 0 Å². The molecular weight excluding hydrogens is 431 g/mol. The van der Waals surface area contributed by atoms with Crippen molar-refractivity contribution in [2.45, 2.75) is 33.0 Å². The summed E-state index contributed by atoms with van der Waals surface area (Å²) in [7, 11) is 0. The highest BCUT2D eigenvalue weighted by Crippen LogP contribution is 2.17. The third-order valence-electron chi connectivity index (χ3n) is 3.56. The zero-order valence-electron chi connectivity index (χ0n) is 14.5. The summed E-state index contributed by atoms with van der Waals surface area (Å²) >= 11 is 2.29. The summed E-state index contributed by atoms with van der Waals surface area (Å²) in [4.78, 5) is 11.9. The molecule has 0 N–H and O–H groups in total. The highest BCUT2D eigenvalue weighted by atomic mass is 127. The van der Waals surface area contributed by atoms with Crippen molar-refractivity contribution < 1.29 is 19.0 Å². The van der Waals surface area contributed by atoms with Crippen LogP contribution in [0.15, 0.2) is 48.5 Å². The lowest BCUT2D eigenvalue weighted by molar-refractivity contribution is -0.156. The Morgan fingerprint density at radius 3 is 2.44 bits per heavy atom. The van der Waals surface area contributed by atoms with Gasteiger partial charge in [-0.2, -0.15) is 0 Å². The molecule has 2 aromatic carbocycles. The summed E-state index contributed by atoms with van der Waals surface area (Å²) in [6, 6.07) is 16.0. The summed E-state index contributed by atoms with van der Waals surface area (Å²) in [5, 5.41) is 0. The molecule has 0 aromatic heterocycles. The molecule has 2 rings (SSSR count). The van der Waals surface area contributed by atoms with Gasteiger partial charge in [0.05, 0.1) is 6.61 Å². The topological polar surface area (TPSA) is 44.8 Å². The number of rotatable bonds is 9. The zero-order chi connectivity index (χ0) is 18.1. The van der Waals surface area contributed by atoms with E-state index in [1.807, 2.05) is 43.3 Å². The molecule has 0 saturated carbocycles. The van der Waals surface area contributed by atoms with Crippen LogP contribution < -0.4 is 4.74 Å². The standard InChI is InChI=1S/C20H23IO4/c1-3-23-19(20(22)24-4-2)13-15-8-10-18(11-9-15)25-14-16-6-5-7-17(21)12-16/h5-12,19H,3-4,13-14H2,1-2H3/t19-/m0/s1. The minimum absolute atomic E-state index is 0.316. The van der Waals surface area contributed by atoms with Crippen LogP contribution in [0.5, 0.6) is 5.75 Å². The van der Waals surface area contributed by atoms with Gasteiger partial charge < -0.3 is 14.2 Å². The van der Waals surface area contributed by atoms with Gasteiger partial charge in [0.25, 0.3) is 0 Å². The Hall–Kier alpha value is -1.60. The van der Waals surface area contributed by atoms with E-state index < -0.39 is 6.10 Å². The molecule has 4 nitrogen and oxygen atoms in total. The molecule has 2 aromatic rings. The number of ether oxygens (including phenoxy) is 3. The molecule has 0 spiro atoms. The lowest BCUT2D eigenvalue weighted by atomic mass is 10.1. The first-order valence-electron chi connectivity index (χ1n) is 8.36. The van der Waals surface area contributed by atoms with E-state index in [9.17, 15) is 4.79 Å². The van der Waals surface area contributed by atoms with Crippen molar-refractivity contribution >= 4 is 28.6 Å². The molecule has 0 amide bonds. The van der Waals surface area contributed by atoms with Crippen LogP contribution in [0.25, 0.3) is 0 Å². The maximum absolute atomic E-state index is 11.9. The Balaban J connectivity index is 1.92. The van der Waals surface area contributed by atoms with Crippen molar-refractivity contribution in [1.82, 2.24) is 0 Å². The van der Waals surface area contributed by atoms with E-state index in [0.29, 0.717) is 26.2 Å². The Labute approximate surface area is 162 Å². The molecule has 5 heteroatoms. The van der Waals surface area contributed by atoms with Crippen molar-refractivity contribution in [3.63, 3.8) is 0 Å². The minimum Gasteiger partial charge on any atom is -0.489 e. The Kier molecular flexibility index (Phi) is 8.21. The van der Waals surface area contributed by atoms with Gasteiger partial charge >= 0.3 is 5.97 Å². The van der Waals surface area contributed by atoms with Gasteiger partial charge in [-0.15, -0.1) is 0 Å². The average molecular weight is 454 g/mol. The van der Waals surface area contributed by atoms with Crippen LogP contribution >= 0.6 is 22.6 Å². The van der Waals surface area contributed by atoms with E-state index in [4.69, 9.17) is 14.2 Å². The quantitative estimate of drug-likeness (QED) is 0.417. The molecule has 0 aliphatic rings. The van der Waals surface area contributed by atoms with Gasteiger partial charge in [-0.3, -0.25) is 0 Å². The third kappa shape index (κ3) is 6.66. The number of carbonyl (C=O) groups is 1. The van der Waals surface area contributed by atoms with Gasteiger partial charge in [-0.1, -0.05) is 24.3 Å². The fourth-order valence-electron chi connectivity index (χ4n) is 2.38. The van der Waals surface area contributed by atoms with E-state index in [1.54, 1.807) is 6.92 Å². The second-order valence-corrected chi connectivity index (χ2v) is 6.71. The van der Waals surface area contributed by atoms with Crippen molar-refractivity contribution in [1.29, 1.82) is 0 Å². The highest BCUT2D eigenvalue weighted by Gasteiger charge is 2.20. The number of carbonyl (C=O) groups excluding carboxylic acids is 1. The lowest BCUT2D eigenvalue weighted by Crippen LogP contribution is -2.28. The molecule has 134 valence electrons. The number of benzene rings is 2. The van der Waals surface area contributed by atoms with Gasteiger partial charge in [0, 0.05) is 16.6 Å². The molecule has 0 heterocycles. The second-order valence-electron chi connectivity index (χ2n) is 5.46. The maximum atomic E-state index is 11.9. The van der Waals surface area contributed by atoms with Gasteiger partial charge in [-0.25, -0.2) is 4.79 Å². The molecule has 0 saturated heterocycles. The van der Waals surface area contributed by atoms with E-state index in [1.165, 1.54) is 3.57 Å². The predicted octanol–water partition coefficient (Wildman–Crippen LogP) is 4.38. The van der Waals surface area contributed by atoms with Crippen molar-refractivity contribution in [2.75, 3.05) is 13.2 Å². The first-order chi connectivity index (χ1) is 12.1. The molecule has 0 radical (unpaired) electrons. The molecule has 0 aliphatic carbocycles. The number of hydrogen-bond acceptors (Lipinski definition) is 4. The normalized spacial score (nSPS) is 11.8. The van der Waals surface area contributed by atoms with E-state index in [2.05, 4.69) is 34.7 Å². The Morgan fingerprint density at radius 1 is 1.04 bits per heavy atom. The minimum atomic E-state index is -0.567. The van der Waals surface area contributed by atoms with Crippen LogP contribution in [-0.4, -0.2) is 25.3 Å². The molecule has 0 unspecified atom stereocenters. The van der Waals surface area contributed by atoms with Gasteiger partial charge in [0.15, 0.2) is 6.10 Å². The molecule has 0 bridgehead atoms. The summed E-state index contributed by atoms with van der Waals surface area (Å²) in [5.41, 5.74) is 2.14. The van der Waals surface area contributed by atoms with Crippen molar-refractivity contribution in [2.24, 2.45) is 0 Å². The van der Waals surface area contributed by atoms with E-state index >= 15 is 0 Å². The fraction of sp³-hybridized carbons (Fsp3) is 0.350. The number of esters is 1.